The van der Waals surface area contributed by atoms with E-state index in [1.807, 2.05) is 37.3 Å². The number of carbonyl (C=O) groups is 2. The summed E-state index contributed by atoms with van der Waals surface area (Å²) in [6.45, 7) is 12.4. The molecule has 7 nitrogen and oxygen atoms in total. The summed E-state index contributed by atoms with van der Waals surface area (Å²) < 4.78 is 10.4. The van der Waals surface area contributed by atoms with Crippen LogP contribution in [0.15, 0.2) is 48.5 Å². The minimum absolute atomic E-state index is 0.111. The number of alkyl carbamates (subject to hydrolysis) is 1. The number of anilines is 1. The van der Waals surface area contributed by atoms with Gasteiger partial charge in [0.1, 0.15) is 6.61 Å². The normalized spacial score (nSPS) is 21.4. The number of nitrogens with zero attached hydrogens (tertiary/aromatic N) is 2. The lowest BCUT2D eigenvalue weighted by molar-refractivity contribution is -0.143. The van der Waals surface area contributed by atoms with Crippen LogP contribution in [-0.4, -0.2) is 62.8 Å². The van der Waals surface area contributed by atoms with Gasteiger partial charge in [-0.25, -0.2) is 4.79 Å². The average Bonchev–Trinajstić information content (AvgIpc) is 3.16. The predicted octanol–water partition coefficient (Wildman–Crippen LogP) is 4.92. The maximum atomic E-state index is 12.2. The van der Waals surface area contributed by atoms with Crippen molar-refractivity contribution in [2.75, 3.05) is 50.8 Å². The Labute approximate surface area is 221 Å². The van der Waals surface area contributed by atoms with Crippen LogP contribution >= 0.6 is 0 Å². The third kappa shape index (κ3) is 7.04. The van der Waals surface area contributed by atoms with Gasteiger partial charge in [0.15, 0.2) is 0 Å². The van der Waals surface area contributed by atoms with Crippen molar-refractivity contribution in [3.8, 4) is 0 Å². The average molecular weight is 508 g/mol. The van der Waals surface area contributed by atoms with E-state index < -0.39 is 0 Å². The lowest BCUT2D eigenvalue weighted by atomic mass is 9.87. The minimum Gasteiger partial charge on any atom is -0.466 e. The van der Waals surface area contributed by atoms with Crippen molar-refractivity contribution in [2.24, 2.45) is 5.92 Å². The summed E-state index contributed by atoms with van der Waals surface area (Å²) in [5.74, 6) is 1.32. The lowest BCUT2D eigenvalue weighted by Crippen LogP contribution is -2.47. The van der Waals surface area contributed by atoms with Gasteiger partial charge in [0.05, 0.1) is 13.0 Å². The van der Waals surface area contributed by atoms with Crippen LogP contribution in [0, 0.1) is 5.92 Å². The number of amides is 1. The fourth-order valence-corrected chi connectivity index (χ4v) is 5.64. The summed E-state index contributed by atoms with van der Waals surface area (Å²) in [5.41, 5.74) is 5.12. The quantitative estimate of drug-likeness (QED) is 0.461. The Balaban J connectivity index is 1.26. The fourth-order valence-electron chi connectivity index (χ4n) is 5.64. The fraction of sp³-hybridized carbons (Fsp3) is 0.533. The summed E-state index contributed by atoms with van der Waals surface area (Å²) in [7, 11) is 0. The van der Waals surface area contributed by atoms with Crippen molar-refractivity contribution in [3.63, 3.8) is 0 Å². The molecule has 1 fully saturated rings. The maximum Gasteiger partial charge on any atom is 0.407 e. The molecule has 3 unspecified atom stereocenters. The van der Waals surface area contributed by atoms with Gasteiger partial charge in [0, 0.05) is 45.0 Å². The number of fused-ring (bicyclic) bond motifs is 1. The maximum absolute atomic E-state index is 12.2. The van der Waals surface area contributed by atoms with Crippen LogP contribution in [0.25, 0.3) is 0 Å². The summed E-state index contributed by atoms with van der Waals surface area (Å²) in [6, 6.07) is 16.7. The number of hydrogen-bond donors (Lipinski definition) is 1. The SMILES string of the molecule is CCOC(=O)CCN1CCN(c2ccc3c(c2)C(C)C(C)C3CCNC(=O)OCc2ccccc2)CC1. The number of nitrogens with one attached hydrogen (secondary N) is 1. The molecule has 1 aliphatic carbocycles. The molecule has 2 aromatic carbocycles. The van der Waals surface area contributed by atoms with Gasteiger partial charge in [0.25, 0.3) is 0 Å². The van der Waals surface area contributed by atoms with E-state index in [0.717, 1.165) is 44.7 Å². The number of hydrogen-bond acceptors (Lipinski definition) is 6. The Bertz CT molecular complexity index is 1040. The molecule has 1 N–H and O–H groups in total. The number of carbonyl (C=O) groups excluding carboxylic acids is 2. The molecule has 0 saturated carbocycles. The van der Waals surface area contributed by atoms with E-state index in [0.29, 0.717) is 37.3 Å². The van der Waals surface area contributed by atoms with E-state index in [1.54, 1.807) is 0 Å². The molecule has 0 spiro atoms. The van der Waals surface area contributed by atoms with Crippen molar-refractivity contribution in [1.82, 2.24) is 10.2 Å². The molecule has 0 bridgehead atoms. The molecule has 2 aromatic rings. The van der Waals surface area contributed by atoms with Gasteiger partial charge in [-0.15, -0.1) is 0 Å². The molecule has 1 aliphatic heterocycles. The van der Waals surface area contributed by atoms with Gasteiger partial charge in [0.2, 0.25) is 0 Å². The highest BCUT2D eigenvalue weighted by atomic mass is 16.5. The molecule has 37 heavy (non-hydrogen) atoms. The zero-order valence-corrected chi connectivity index (χ0v) is 22.4. The zero-order valence-electron chi connectivity index (χ0n) is 22.4. The van der Waals surface area contributed by atoms with Gasteiger partial charge < -0.3 is 19.7 Å². The van der Waals surface area contributed by atoms with E-state index in [-0.39, 0.29) is 18.7 Å². The van der Waals surface area contributed by atoms with Crippen LogP contribution in [0.4, 0.5) is 10.5 Å². The second-order valence-corrected chi connectivity index (χ2v) is 10.2. The molecule has 4 rings (SSSR count). The van der Waals surface area contributed by atoms with Crippen molar-refractivity contribution in [1.29, 1.82) is 0 Å². The Morgan fingerprint density at radius 2 is 1.73 bits per heavy atom. The molecular formula is C30H41N3O4. The largest absolute Gasteiger partial charge is 0.466 e. The van der Waals surface area contributed by atoms with Crippen molar-refractivity contribution >= 4 is 17.7 Å². The first-order chi connectivity index (χ1) is 18.0. The zero-order chi connectivity index (χ0) is 26.2. The Kier molecular flexibility index (Phi) is 9.45. The molecule has 1 saturated heterocycles. The standard InChI is InChI=1S/C30H41N3O4/c1-4-36-29(34)13-15-32-16-18-33(19-17-32)25-10-11-27-26(22(2)23(3)28(27)20-25)12-14-31-30(35)37-21-24-8-6-5-7-9-24/h5-11,20,22-23,26H,4,12-19,21H2,1-3H3,(H,31,35). The van der Waals surface area contributed by atoms with Crippen LogP contribution in [0.3, 0.4) is 0 Å². The molecule has 0 radical (unpaired) electrons. The first kappa shape index (κ1) is 27.0. The van der Waals surface area contributed by atoms with Crippen LogP contribution in [0.1, 0.15) is 62.1 Å². The van der Waals surface area contributed by atoms with E-state index >= 15 is 0 Å². The number of rotatable bonds is 10. The highest BCUT2D eigenvalue weighted by Gasteiger charge is 2.35. The van der Waals surface area contributed by atoms with E-state index in [4.69, 9.17) is 9.47 Å². The minimum atomic E-state index is -0.362. The smallest absolute Gasteiger partial charge is 0.407 e. The molecule has 1 heterocycles. The Hall–Kier alpha value is -3.06. The molecular weight excluding hydrogens is 466 g/mol. The summed E-state index contributed by atoms with van der Waals surface area (Å²) in [5, 5.41) is 2.93. The summed E-state index contributed by atoms with van der Waals surface area (Å²) in [4.78, 5) is 28.6. The van der Waals surface area contributed by atoms with Crippen LogP contribution in [-0.2, 0) is 20.9 Å². The number of benzene rings is 2. The van der Waals surface area contributed by atoms with Crippen LogP contribution in [0.2, 0.25) is 0 Å². The topological polar surface area (TPSA) is 71.1 Å². The van der Waals surface area contributed by atoms with Gasteiger partial charge in [-0.1, -0.05) is 50.2 Å². The number of piperazine rings is 1. The Morgan fingerprint density at radius 3 is 2.46 bits per heavy atom. The van der Waals surface area contributed by atoms with Gasteiger partial charge in [-0.3, -0.25) is 9.69 Å². The van der Waals surface area contributed by atoms with Crippen LogP contribution < -0.4 is 10.2 Å². The highest BCUT2D eigenvalue weighted by molar-refractivity contribution is 5.69. The molecule has 7 heteroatoms. The molecule has 1 amide bonds. The molecule has 3 atom stereocenters. The van der Waals surface area contributed by atoms with Gasteiger partial charge in [-0.2, -0.15) is 0 Å². The second kappa shape index (κ2) is 13.0. The van der Waals surface area contributed by atoms with Crippen LogP contribution in [0.5, 0.6) is 0 Å². The van der Waals surface area contributed by atoms with Gasteiger partial charge >= 0.3 is 12.1 Å². The number of ether oxygens (including phenoxy) is 2. The van der Waals surface area contributed by atoms with E-state index in [1.165, 1.54) is 16.8 Å². The molecule has 0 aromatic heterocycles. The summed E-state index contributed by atoms with van der Waals surface area (Å²) in [6.07, 6.45) is 1.00. The summed E-state index contributed by atoms with van der Waals surface area (Å²) >= 11 is 0. The van der Waals surface area contributed by atoms with Gasteiger partial charge in [-0.05, 0) is 59.9 Å². The van der Waals surface area contributed by atoms with Crippen molar-refractivity contribution < 1.29 is 19.1 Å². The third-order valence-electron chi connectivity index (χ3n) is 8.00. The Morgan fingerprint density at radius 1 is 0.973 bits per heavy atom. The van der Waals surface area contributed by atoms with E-state index in [2.05, 4.69) is 47.2 Å². The van der Waals surface area contributed by atoms with E-state index in [9.17, 15) is 9.59 Å². The first-order valence-electron chi connectivity index (χ1n) is 13.7. The van der Waals surface area contributed by atoms with Crippen molar-refractivity contribution in [2.45, 2.75) is 52.1 Å². The predicted molar refractivity (Wildman–Crippen MR) is 146 cm³/mol. The molecule has 2 aliphatic rings. The lowest BCUT2D eigenvalue weighted by Gasteiger charge is -2.36. The van der Waals surface area contributed by atoms with Crippen molar-refractivity contribution in [3.05, 3.63) is 65.2 Å². The number of esters is 1. The highest BCUT2D eigenvalue weighted by Crippen LogP contribution is 2.48. The second-order valence-electron chi connectivity index (χ2n) is 10.2. The monoisotopic (exact) mass is 507 g/mol. The third-order valence-corrected chi connectivity index (χ3v) is 8.00. The molecule has 200 valence electrons. The first-order valence-corrected chi connectivity index (χ1v) is 13.7.